The van der Waals surface area contributed by atoms with Crippen molar-refractivity contribution in [3.63, 3.8) is 0 Å². The third-order valence-electron chi connectivity index (χ3n) is 2.54. The highest BCUT2D eigenvalue weighted by molar-refractivity contribution is 9.14. The van der Waals surface area contributed by atoms with Crippen LogP contribution < -0.4 is 0 Å². The summed E-state index contributed by atoms with van der Waals surface area (Å²) in [6.45, 7) is 0. The molecule has 0 radical (unpaired) electrons. The van der Waals surface area contributed by atoms with Crippen molar-refractivity contribution in [3.8, 4) is 0 Å². The van der Waals surface area contributed by atoms with Gasteiger partial charge in [0.15, 0.2) is 0 Å². The molecule has 0 bridgehead atoms. The van der Waals surface area contributed by atoms with Gasteiger partial charge in [0.1, 0.15) is 0 Å². The second-order valence-corrected chi connectivity index (χ2v) is 4.99. The van der Waals surface area contributed by atoms with Gasteiger partial charge in [0, 0.05) is 25.0 Å². The minimum absolute atomic E-state index is 0.279. The molecule has 0 aromatic carbocycles. The second kappa shape index (κ2) is 3.94. The average Bonchev–Trinajstić information content (AvgIpc) is 2.47. The van der Waals surface area contributed by atoms with Crippen molar-refractivity contribution in [2.45, 2.75) is 5.72 Å². The molecule has 1 aliphatic heterocycles. The first-order valence-electron chi connectivity index (χ1n) is 4.46. The van der Waals surface area contributed by atoms with E-state index in [-0.39, 0.29) is 5.91 Å². The molecule has 0 unspecified atom stereocenters. The number of nitrogens with zero attached hydrogens (tertiary/aromatic N) is 2. The standard InChI is InChI=1S/C10H8Br2N2O2/c1-14-9(15)7(11)8(12)10(14,16)6-3-2-4-13-5-6/h2-5,16H,1H3/t10-/m1/s1. The normalized spacial score (nSPS) is 25.5. The van der Waals surface area contributed by atoms with Crippen molar-refractivity contribution in [2.24, 2.45) is 0 Å². The summed E-state index contributed by atoms with van der Waals surface area (Å²) in [6, 6.07) is 3.42. The molecule has 6 heteroatoms. The van der Waals surface area contributed by atoms with Gasteiger partial charge in [-0.15, -0.1) is 0 Å². The molecule has 0 spiro atoms. The van der Waals surface area contributed by atoms with E-state index in [1.807, 2.05) is 0 Å². The number of amides is 1. The number of halogens is 2. The van der Waals surface area contributed by atoms with Crippen LogP contribution in [0.1, 0.15) is 5.56 Å². The van der Waals surface area contributed by atoms with Gasteiger partial charge >= 0.3 is 0 Å². The van der Waals surface area contributed by atoms with Crippen molar-refractivity contribution >= 4 is 37.8 Å². The maximum absolute atomic E-state index is 11.7. The molecule has 0 saturated carbocycles. The highest BCUT2D eigenvalue weighted by Gasteiger charge is 2.48. The van der Waals surface area contributed by atoms with Gasteiger partial charge in [-0.1, -0.05) is 6.07 Å². The molecular formula is C10H8Br2N2O2. The number of rotatable bonds is 1. The third kappa shape index (κ3) is 1.44. The van der Waals surface area contributed by atoms with Gasteiger partial charge in [-0.25, -0.2) is 0 Å². The first-order chi connectivity index (χ1) is 7.49. The Morgan fingerprint density at radius 2 is 2.19 bits per heavy atom. The lowest BCUT2D eigenvalue weighted by Crippen LogP contribution is -2.42. The van der Waals surface area contributed by atoms with E-state index < -0.39 is 5.72 Å². The lowest BCUT2D eigenvalue weighted by molar-refractivity contribution is -0.139. The van der Waals surface area contributed by atoms with Gasteiger partial charge in [-0.2, -0.15) is 0 Å². The Kier molecular flexibility index (Phi) is 2.90. The summed E-state index contributed by atoms with van der Waals surface area (Å²) in [4.78, 5) is 16.9. The Morgan fingerprint density at radius 3 is 2.62 bits per heavy atom. The van der Waals surface area contributed by atoms with E-state index in [4.69, 9.17) is 0 Å². The molecule has 1 aromatic heterocycles. The lowest BCUT2D eigenvalue weighted by atomic mass is 10.1. The quantitative estimate of drug-likeness (QED) is 0.841. The predicted molar refractivity (Wildman–Crippen MR) is 65.8 cm³/mol. The fourth-order valence-electron chi connectivity index (χ4n) is 1.58. The van der Waals surface area contributed by atoms with Gasteiger partial charge in [-0.3, -0.25) is 9.78 Å². The van der Waals surface area contributed by atoms with Crippen molar-refractivity contribution in [1.82, 2.24) is 9.88 Å². The summed E-state index contributed by atoms with van der Waals surface area (Å²) in [7, 11) is 1.53. The molecule has 1 atom stereocenters. The smallest absolute Gasteiger partial charge is 0.264 e. The van der Waals surface area contributed by atoms with Crippen LogP contribution in [0.4, 0.5) is 0 Å². The Balaban J connectivity index is 2.59. The number of carbonyl (C=O) groups excluding carboxylic acids is 1. The van der Waals surface area contributed by atoms with E-state index >= 15 is 0 Å². The van der Waals surface area contributed by atoms with E-state index in [0.717, 1.165) is 0 Å². The van der Waals surface area contributed by atoms with Crippen LogP contribution in [0.3, 0.4) is 0 Å². The van der Waals surface area contributed by atoms with Crippen LogP contribution >= 0.6 is 31.9 Å². The zero-order valence-electron chi connectivity index (χ0n) is 8.32. The number of aromatic nitrogens is 1. The summed E-state index contributed by atoms with van der Waals surface area (Å²) in [6.07, 6.45) is 3.13. The molecule has 1 N–H and O–H groups in total. The second-order valence-electron chi connectivity index (χ2n) is 3.41. The minimum atomic E-state index is -1.48. The largest absolute Gasteiger partial charge is 0.363 e. The summed E-state index contributed by atoms with van der Waals surface area (Å²) in [5.74, 6) is -0.279. The fraction of sp³-hybridized carbons (Fsp3) is 0.200. The molecule has 1 aliphatic rings. The van der Waals surface area contributed by atoms with Crippen LogP contribution in [0, 0.1) is 0 Å². The van der Waals surface area contributed by atoms with Gasteiger partial charge < -0.3 is 10.0 Å². The van der Waals surface area contributed by atoms with Crippen molar-refractivity contribution in [1.29, 1.82) is 0 Å². The van der Waals surface area contributed by atoms with Crippen LogP contribution in [0.5, 0.6) is 0 Å². The van der Waals surface area contributed by atoms with E-state index in [1.54, 1.807) is 18.3 Å². The zero-order chi connectivity index (χ0) is 11.9. The Bertz CT molecular complexity index is 475. The van der Waals surface area contributed by atoms with Gasteiger partial charge in [0.2, 0.25) is 5.72 Å². The van der Waals surface area contributed by atoms with E-state index in [1.165, 1.54) is 18.1 Å². The van der Waals surface area contributed by atoms with Crippen molar-refractivity contribution in [2.75, 3.05) is 7.05 Å². The summed E-state index contributed by atoms with van der Waals surface area (Å²) < 4.78 is 0.710. The number of aliphatic hydroxyl groups is 1. The number of hydrogen-bond acceptors (Lipinski definition) is 3. The minimum Gasteiger partial charge on any atom is -0.363 e. The molecule has 2 rings (SSSR count). The molecule has 1 amide bonds. The predicted octanol–water partition coefficient (Wildman–Crippen LogP) is 1.70. The molecule has 0 aliphatic carbocycles. The molecule has 4 nitrogen and oxygen atoms in total. The maximum Gasteiger partial charge on any atom is 0.264 e. The highest BCUT2D eigenvalue weighted by Crippen LogP contribution is 2.45. The van der Waals surface area contributed by atoms with Crippen molar-refractivity contribution in [3.05, 3.63) is 39.1 Å². The topological polar surface area (TPSA) is 53.4 Å². The average molecular weight is 348 g/mol. The molecular weight excluding hydrogens is 340 g/mol. The zero-order valence-corrected chi connectivity index (χ0v) is 11.5. The third-order valence-corrected chi connectivity index (χ3v) is 4.76. The summed E-state index contributed by atoms with van der Waals surface area (Å²) in [5.41, 5.74) is -0.948. The monoisotopic (exact) mass is 346 g/mol. The number of carbonyl (C=O) groups is 1. The van der Waals surface area contributed by atoms with E-state index in [9.17, 15) is 9.90 Å². The van der Waals surface area contributed by atoms with Crippen LogP contribution in [0.2, 0.25) is 0 Å². The lowest BCUT2D eigenvalue weighted by Gasteiger charge is -2.31. The summed E-state index contributed by atoms with van der Waals surface area (Å²) in [5, 5.41) is 10.6. The molecule has 1 aromatic rings. The maximum atomic E-state index is 11.7. The first kappa shape index (κ1) is 11.8. The van der Waals surface area contributed by atoms with Crippen LogP contribution in [-0.2, 0) is 10.5 Å². The van der Waals surface area contributed by atoms with Crippen LogP contribution in [0.15, 0.2) is 33.5 Å². The van der Waals surface area contributed by atoms with Crippen molar-refractivity contribution < 1.29 is 9.90 Å². The Labute approximate surface area is 109 Å². The number of pyridine rings is 1. The fourth-order valence-corrected chi connectivity index (χ4v) is 2.78. The Morgan fingerprint density at radius 1 is 1.50 bits per heavy atom. The molecule has 0 saturated heterocycles. The highest BCUT2D eigenvalue weighted by atomic mass is 79.9. The van der Waals surface area contributed by atoms with E-state index in [0.29, 0.717) is 14.5 Å². The number of likely N-dealkylation sites (N-methyl/N-ethyl adjacent to an activating group) is 1. The Hall–Kier alpha value is -0.720. The first-order valence-corrected chi connectivity index (χ1v) is 6.05. The van der Waals surface area contributed by atoms with Gasteiger partial charge in [0.05, 0.1) is 8.96 Å². The SMILES string of the molecule is CN1C(=O)C(Br)=C(Br)[C@]1(O)c1cccnc1. The summed E-state index contributed by atoms with van der Waals surface area (Å²) >= 11 is 6.38. The van der Waals surface area contributed by atoms with Gasteiger partial charge in [0.25, 0.3) is 5.91 Å². The molecule has 2 heterocycles. The van der Waals surface area contributed by atoms with E-state index in [2.05, 4.69) is 36.8 Å². The van der Waals surface area contributed by atoms with Gasteiger partial charge in [-0.05, 0) is 37.9 Å². The van der Waals surface area contributed by atoms with Crippen LogP contribution in [-0.4, -0.2) is 27.9 Å². The molecule has 16 heavy (non-hydrogen) atoms. The van der Waals surface area contributed by atoms with Crippen LogP contribution in [0.25, 0.3) is 0 Å². The molecule has 0 fully saturated rings. The number of hydrogen-bond donors (Lipinski definition) is 1. The molecule has 84 valence electrons.